The Kier molecular flexibility index (Phi) is 4.41. The van der Waals surface area contributed by atoms with Crippen LogP contribution in [-0.4, -0.2) is 22.1 Å². The Morgan fingerprint density at radius 3 is 2.65 bits per heavy atom. The lowest BCUT2D eigenvalue weighted by Gasteiger charge is -2.04. The Morgan fingerprint density at radius 1 is 1.26 bits per heavy atom. The zero-order valence-electron chi connectivity index (χ0n) is 12.6. The highest BCUT2D eigenvalue weighted by Gasteiger charge is 2.28. The molecule has 1 aliphatic carbocycles. The Labute approximate surface area is 133 Å². The predicted molar refractivity (Wildman–Crippen MR) is 83.4 cm³/mol. The van der Waals surface area contributed by atoms with Crippen LogP contribution in [0.1, 0.15) is 53.4 Å². The van der Waals surface area contributed by atoms with Gasteiger partial charge in [-0.25, -0.2) is 0 Å². The third kappa shape index (κ3) is 4.18. The number of benzene rings is 1. The molecule has 6 nitrogen and oxygen atoms in total. The second-order valence-electron chi connectivity index (χ2n) is 5.79. The van der Waals surface area contributed by atoms with E-state index in [9.17, 15) is 9.59 Å². The number of aromatic nitrogens is 1. The molecule has 2 N–H and O–H groups in total. The number of carbonyl (C=O) groups excluding carboxylic acids is 1. The smallest absolute Gasteiger partial charge is 0.303 e. The van der Waals surface area contributed by atoms with Crippen LogP contribution in [0.5, 0.6) is 0 Å². The van der Waals surface area contributed by atoms with Gasteiger partial charge in [0, 0.05) is 24.1 Å². The van der Waals surface area contributed by atoms with Crippen LogP contribution < -0.4 is 5.32 Å². The van der Waals surface area contributed by atoms with E-state index in [1.807, 2.05) is 12.1 Å². The summed E-state index contributed by atoms with van der Waals surface area (Å²) in [6.45, 7) is 0. The molecule has 2 aromatic rings. The standard InChI is InChI=1S/C17H18N2O4/c20-16(21)3-1-2-11-4-8-13(9-5-11)18-17(22)14-10-15(23-19-14)12-6-7-12/h4-5,8-10,12H,1-3,6-7H2,(H,18,22)(H,20,21). The SMILES string of the molecule is O=C(O)CCCc1ccc(NC(=O)c2cc(C3CC3)on2)cc1. The van der Waals surface area contributed by atoms with E-state index in [4.69, 9.17) is 9.63 Å². The van der Waals surface area contributed by atoms with Crippen molar-refractivity contribution in [3.05, 3.63) is 47.3 Å². The Morgan fingerprint density at radius 2 is 2.00 bits per heavy atom. The summed E-state index contributed by atoms with van der Waals surface area (Å²) in [5.41, 5.74) is 2.01. The molecule has 1 fully saturated rings. The molecule has 1 aliphatic rings. The lowest BCUT2D eigenvalue weighted by Crippen LogP contribution is -2.12. The van der Waals surface area contributed by atoms with Crippen molar-refractivity contribution in [2.45, 2.75) is 38.0 Å². The van der Waals surface area contributed by atoms with Gasteiger partial charge < -0.3 is 14.9 Å². The number of nitrogens with zero attached hydrogens (tertiary/aromatic N) is 1. The quantitative estimate of drug-likeness (QED) is 0.818. The number of hydrogen-bond acceptors (Lipinski definition) is 4. The first-order valence-electron chi connectivity index (χ1n) is 7.70. The number of anilines is 1. The second kappa shape index (κ2) is 6.64. The van der Waals surface area contributed by atoms with Crippen LogP contribution >= 0.6 is 0 Å². The molecule has 0 saturated heterocycles. The van der Waals surface area contributed by atoms with E-state index < -0.39 is 5.97 Å². The van der Waals surface area contributed by atoms with Crippen molar-refractivity contribution in [2.75, 3.05) is 5.32 Å². The van der Waals surface area contributed by atoms with Gasteiger partial charge in [-0.3, -0.25) is 9.59 Å². The van der Waals surface area contributed by atoms with Gasteiger partial charge >= 0.3 is 5.97 Å². The van der Waals surface area contributed by atoms with E-state index in [0.717, 1.165) is 24.2 Å². The van der Waals surface area contributed by atoms with Crippen molar-refractivity contribution in [1.82, 2.24) is 5.16 Å². The van der Waals surface area contributed by atoms with Crippen LogP contribution in [0.3, 0.4) is 0 Å². The molecule has 0 aliphatic heterocycles. The summed E-state index contributed by atoms with van der Waals surface area (Å²) in [6, 6.07) is 9.07. The fourth-order valence-corrected chi connectivity index (χ4v) is 2.35. The summed E-state index contributed by atoms with van der Waals surface area (Å²) in [4.78, 5) is 22.6. The van der Waals surface area contributed by atoms with Crippen LogP contribution in [0.15, 0.2) is 34.9 Å². The third-order valence-electron chi connectivity index (χ3n) is 3.81. The van der Waals surface area contributed by atoms with Gasteiger partial charge in [0.15, 0.2) is 5.69 Å². The highest BCUT2D eigenvalue weighted by atomic mass is 16.5. The highest BCUT2D eigenvalue weighted by molar-refractivity contribution is 6.02. The summed E-state index contributed by atoms with van der Waals surface area (Å²) in [7, 11) is 0. The summed E-state index contributed by atoms with van der Waals surface area (Å²) in [6.07, 6.45) is 3.66. The van der Waals surface area contributed by atoms with Crippen molar-refractivity contribution < 1.29 is 19.2 Å². The molecule has 3 rings (SSSR count). The number of carboxylic acid groups (broad SMARTS) is 1. The van der Waals surface area contributed by atoms with Gasteiger partial charge in [-0.15, -0.1) is 0 Å². The minimum atomic E-state index is -0.785. The average molecular weight is 314 g/mol. The third-order valence-corrected chi connectivity index (χ3v) is 3.81. The number of carbonyl (C=O) groups is 2. The van der Waals surface area contributed by atoms with Crippen molar-refractivity contribution >= 4 is 17.6 Å². The Hall–Kier alpha value is -2.63. The molecule has 1 amide bonds. The van der Waals surface area contributed by atoms with Gasteiger partial charge in [0.1, 0.15) is 5.76 Å². The molecule has 0 unspecified atom stereocenters. The highest BCUT2D eigenvalue weighted by Crippen LogP contribution is 2.40. The topological polar surface area (TPSA) is 92.4 Å². The molecular formula is C17H18N2O4. The van der Waals surface area contributed by atoms with Gasteiger partial charge in [0.05, 0.1) is 0 Å². The van der Waals surface area contributed by atoms with E-state index in [1.165, 1.54) is 0 Å². The van der Waals surface area contributed by atoms with E-state index in [1.54, 1.807) is 18.2 Å². The fraction of sp³-hybridized carbons (Fsp3) is 0.353. The van der Waals surface area contributed by atoms with Gasteiger partial charge in [-0.2, -0.15) is 0 Å². The van der Waals surface area contributed by atoms with Crippen LogP contribution in [0, 0.1) is 0 Å². The number of hydrogen-bond donors (Lipinski definition) is 2. The van der Waals surface area contributed by atoms with Crippen molar-refractivity contribution in [3.63, 3.8) is 0 Å². The van der Waals surface area contributed by atoms with Crippen LogP contribution in [0.25, 0.3) is 0 Å². The minimum absolute atomic E-state index is 0.161. The summed E-state index contributed by atoms with van der Waals surface area (Å²) < 4.78 is 5.17. The van der Waals surface area contributed by atoms with Gasteiger partial charge in [-0.05, 0) is 43.4 Å². The molecule has 1 saturated carbocycles. The Bertz CT molecular complexity index is 702. The van der Waals surface area contributed by atoms with Crippen LogP contribution in [-0.2, 0) is 11.2 Å². The van der Waals surface area contributed by atoms with Gasteiger partial charge in [0.25, 0.3) is 5.91 Å². The molecule has 1 aromatic heterocycles. The summed E-state index contributed by atoms with van der Waals surface area (Å²) in [5, 5.41) is 15.2. The van der Waals surface area contributed by atoms with Crippen LogP contribution in [0.2, 0.25) is 0 Å². The van der Waals surface area contributed by atoms with Crippen molar-refractivity contribution in [1.29, 1.82) is 0 Å². The normalized spacial score (nSPS) is 13.7. The van der Waals surface area contributed by atoms with Crippen molar-refractivity contribution in [3.8, 4) is 0 Å². The molecule has 0 bridgehead atoms. The largest absolute Gasteiger partial charge is 0.481 e. The lowest BCUT2D eigenvalue weighted by atomic mass is 10.1. The number of aliphatic carboxylic acids is 1. The summed E-state index contributed by atoms with van der Waals surface area (Å²) >= 11 is 0. The second-order valence-corrected chi connectivity index (χ2v) is 5.79. The average Bonchev–Trinajstić information content (AvgIpc) is 3.26. The number of nitrogens with one attached hydrogen (secondary N) is 1. The molecule has 120 valence electrons. The number of rotatable bonds is 7. The molecule has 0 radical (unpaired) electrons. The Balaban J connectivity index is 1.54. The minimum Gasteiger partial charge on any atom is -0.481 e. The first-order valence-corrected chi connectivity index (χ1v) is 7.70. The number of carboxylic acids is 1. The fourth-order valence-electron chi connectivity index (χ4n) is 2.35. The maximum absolute atomic E-state index is 12.1. The molecule has 6 heteroatoms. The van der Waals surface area contributed by atoms with Crippen molar-refractivity contribution in [2.24, 2.45) is 0 Å². The molecule has 1 aromatic carbocycles. The monoisotopic (exact) mass is 314 g/mol. The molecule has 1 heterocycles. The van der Waals surface area contributed by atoms with Gasteiger partial charge in [-0.1, -0.05) is 17.3 Å². The maximum atomic E-state index is 12.1. The zero-order valence-corrected chi connectivity index (χ0v) is 12.6. The lowest BCUT2D eigenvalue weighted by molar-refractivity contribution is -0.137. The van der Waals surface area contributed by atoms with E-state index in [2.05, 4.69) is 10.5 Å². The van der Waals surface area contributed by atoms with Gasteiger partial charge in [0.2, 0.25) is 0 Å². The van der Waals surface area contributed by atoms with E-state index in [0.29, 0.717) is 24.4 Å². The molecular weight excluding hydrogens is 296 g/mol. The molecule has 0 spiro atoms. The van der Waals surface area contributed by atoms with E-state index >= 15 is 0 Å². The first-order chi connectivity index (χ1) is 11.1. The predicted octanol–water partition coefficient (Wildman–Crippen LogP) is 3.21. The zero-order chi connectivity index (χ0) is 16.2. The maximum Gasteiger partial charge on any atom is 0.303 e. The summed E-state index contributed by atoms with van der Waals surface area (Å²) in [5.74, 6) is 0.129. The number of amides is 1. The molecule has 0 atom stereocenters. The van der Waals surface area contributed by atoms with E-state index in [-0.39, 0.29) is 18.0 Å². The molecule has 23 heavy (non-hydrogen) atoms. The number of aryl methyl sites for hydroxylation is 1. The first kappa shape index (κ1) is 15.3. The van der Waals surface area contributed by atoms with Crippen LogP contribution in [0.4, 0.5) is 5.69 Å².